The summed E-state index contributed by atoms with van der Waals surface area (Å²) < 4.78 is 0. The molecule has 23 heavy (non-hydrogen) atoms. The molecule has 0 aromatic carbocycles. The maximum Gasteiger partial charge on any atom is 0.191 e. The molecule has 0 bridgehead atoms. The third-order valence-electron chi connectivity index (χ3n) is 4.90. The number of likely N-dealkylation sites (tertiary alicyclic amines) is 1. The van der Waals surface area contributed by atoms with E-state index in [1.165, 1.54) is 13.0 Å². The van der Waals surface area contributed by atoms with Crippen LogP contribution in [-0.4, -0.2) is 74.7 Å². The summed E-state index contributed by atoms with van der Waals surface area (Å²) in [5.41, 5.74) is 0. The van der Waals surface area contributed by atoms with Gasteiger partial charge in [0.25, 0.3) is 0 Å². The Morgan fingerprint density at radius 3 is 2.30 bits per heavy atom. The van der Waals surface area contributed by atoms with Gasteiger partial charge in [-0.05, 0) is 46.2 Å². The fraction of sp³-hybridized carbons (Fsp3) is 0.944. The first-order valence-corrected chi connectivity index (χ1v) is 9.12. The molecule has 0 saturated carbocycles. The van der Waals surface area contributed by atoms with Gasteiger partial charge in [-0.15, -0.1) is 0 Å². The molecule has 3 unspecified atom stereocenters. The Morgan fingerprint density at radius 2 is 1.87 bits per heavy atom. The Kier molecular flexibility index (Phi) is 8.34. The summed E-state index contributed by atoms with van der Waals surface area (Å²) in [6, 6.07) is 1.62. The zero-order valence-corrected chi connectivity index (χ0v) is 16.6. The predicted molar refractivity (Wildman–Crippen MR) is 101 cm³/mol. The zero-order valence-electron chi connectivity index (χ0n) is 16.6. The van der Waals surface area contributed by atoms with Crippen molar-refractivity contribution >= 4 is 5.96 Å². The third kappa shape index (κ3) is 6.68. The quantitative estimate of drug-likeness (QED) is 0.554. The van der Waals surface area contributed by atoms with Crippen LogP contribution in [0.3, 0.4) is 0 Å². The average molecular weight is 326 g/mol. The van der Waals surface area contributed by atoms with Gasteiger partial charge in [0.2, 0.25) is 0 Å². The van der Waals surface area contributed by atoms with Gasteiger partial charge in [-0.2, -0.15) is 0 Å². The molecular weight excluding hydrogens is 286 g/mol. The lowest BCUT2D eigenvalue weighted by Gasteiger charge is -2.28. The first-order chi connectivity index (χ1) is 10.7. The molecule has 0 amide bonds. The van der Waals surface area contributed by atoms with Crippen LogP contribution in [-0.2, 0) is 0 Å². The molecule has 1 rings (SSSR count). The largest absolute Gasteiger partial charge is 0.355 e. The van der Waals surface area contributed by atoms with Crippen LogP contribution in [0.15, 0.2) is 4.99 Å². The first-order valence-electron chi connectivity index (χ1n) is 9.12. The maximum atomic E-state index is 4.42. The summed E-state index contributed by atoms with van der Waals surface area (Å²) in [7, 11) is 6.18. The van der Waals surface area contributed by atoms with Crippen molar-refractivity contribution in [2.24, 2.45) is 16.8 Å². The highest BCUT2D eigenvalue weighted by Gasteiger charge is 2.31. The van der Waals surface area contributed by atoms with Crippen molar-refractivity contribution in [2.75, 3.05) is 40.8 Å². The Morgan fingerprint density at radius 1 is 1.22 bits per heavy atom. The second-order valence-corrected chi connectivity index (χ2v) is 7.98. The van der Waals surface area contributed by atoms with Crippen LogP contribution in [0.4, 0.5) is 0 Å². The Labute approximate surface area is 143 Å². The molecular formula is C18H39N5. The number of hydrogen-bond donors (Lipinski definition) is 2. The summed E-state index contributed by atoms with van der Waals surface area (Å²) in [6.07, 6.45) is 1.19. The SMILES string of the molecule is CN=C(NCC(CC(C)C)N(C)C)NC1CN(C(C)C)CC1C. The standard InChI is InChI=1S/C18H39N5/c1-13(2)9-16(22(7)8)10-20-18(19-6)21-17-12-23(14(3)4)11-15(17)5/h13-17H,9-12H2,1-8H3,(H2,19,20,21). The van der Waals surface area contributed by atoms with Gasteiger partial charge in [-0.3, -0.25) is 9.89 Å². The molecule has 2 N–H and O–H groups in total. The normalized spacial score (nSPS) is 24.7. The number of aliphatic imine (C=N–C) groups is 1. The fourth-order valence-electron chi connectivity index (χ4n) is 3.22. The molecule has 1 aliphatic rings. The molecule has 1 saturated heterocycles. The smallest absolute Gasteiger partial charge is 0.191 e. The number of rotatable bonds is 7. The van der Waals surface area contributed by atoms with Crippen LogP contribution in [0.5, 0.6) is 0 Å². The Balaban J connectivity index is 2.51. The number of nitrogens with one attached hydrogen (secondary N) is 2. The zero-order chi connectivity index (χ0) is 17.6. The van der Waals surface area contributed by atoms with Gasteiger partial charge in [0.1, 0.15) is 0 Å². The van der Waals surface area contributed by atoms with Gasteiger partial charge >= 0.3 is 0 Å². The summed E-state index contributed by atoms with van der Waals surface area (Å²) in [5, 5.41) is 7.15. The minimum Gasteiger partial charge on any atom is -0.355 e. The monoisotopic (exact) mass is 325 g/mol. The summed E-state index contributed by atoms with van der Waals surface area (Å²) >= 11 is 0. The van der Waals surface area contributed by atoms with E-state index in [-0.39, 0.29) is 0 Å². The molecule has 1 heterocycles. The highest BCUT2D eigenvalue weighted by Crippen LogP contribution is 2.18. The lowest BCUT2D eigenvalue weighted by Crippen LogP contribution is -2.50. The van der Waals surface area contributed by atoms with Crippen molar-refractivity contribution in [2.45, 2.75) is 59.2 Å². The van der Waals surface area contributed by atoms with E-state index >= 15 is 0 Å². The number of hydrogen-bond acceptors (Lipinski definition) is 3. The van der Waals surface area contributed by atoms with Gasteiger partial charge in [-0.25, -0.2) is 0 Å². The molecule has 3 atom stereocenters. The van der Waals surface area contributed by atoms with Gasteiger partial charge in [0, 0.05) is 44.8 Å². The minimum atomic E-state index is 0.478. The predicted octanol–water partition coefficient (Wildman–Crippen LogP) is 1.86. The van der Waals surface area contributed by atoms with Crippen molar-refractivity contribution in [1.29, 1.82) is 0 Å². The minimum absolute atomic E-state index is 0.478. The second kappa shape index (κ2) is 9.48. The van der Waals surface area contributed by atoms with Gasteiger partial charge in [0.15, 0.2) is 5.96 Å². The van der Waals surface area contributed by atoms with Crippen molar-refractivity contribution in [1.82, 2.24) is 20.4 Å². The topological polar surface area (TPSA) is 42.9 Å². The second-order valence-electron chi connectivity index (χ2n) is 7.98. The van der Waals surface area contributed by atoms with Gasteiger partial charge < -0.3 is 15.5 Å². The van der Waals surface area contributed by atoms with Gasteiger partial charge in [-0.1, -0.05) is 20.8 Å². The molecule has 5 heteroatoms. The van der Waals surface area contributed by atoms with Crippen molar-refractivity contribution in [3.63, 3.8) is 0 Å². The lowest BCUT2D eigenvalue weighted by atomic mass is 10.0. The molecule has 1 aliphatic heterocycles. The van der Waals surface area contributed by atoms with Crippen LogP contribution < -0.4 is 10.6 Å². The lowest BCUT2D eigenvalue weighted by molar-refractivity contribution is 0.254. The molecule has 0 aromatic rings. The fourth-order valence-corrected chi connectivity index (χ4v) is 3.22. The average Bonchev–Trinajstić information content (AvgIpc) is 2.82. The molecule has 5 nitrogen and oxygen atoms in total. The molecule has 0 aliphatic carbocycles. The van der Waals surface area contributed by atoms with Crippen LogP contribution in [0.25, 0.3) is 0 Å². The first kappa shape index (κ1) is 20.2. The van der Waals surface area contributed by atoms with E-state index in [2.05, 4.69) is 74.1 Å². The van der Waals surface area contributed by atoms with Gasteiger partial charge in [0.05, 0.1) is 0 Å². The van der Waals surface area contributed by atoms with Crippen LogP contribution in [0, 0.1) is 11.8 Å². The maximum absolute atomic E-state index is 4.42. The van der Waals surface area contributed by atoms with E-state index in [0.717, 1.165) is 19.0 Å². The van der Waals surface area contributed by atoms with Crippen molar-refractivity contribution < 1.29 is 0 Å². The van der Waals surface area contributed by atoms with E-state index in [0.29, 0.717) is 30.0 Å². The number of likely N-dealkylation sites (N-methyl/N-ethyl adjacent to an activating group) is 1. The Hall–Kier alpha value is -0.810. The van der Waals surface area contributed by atoms with E-state index in [1.54, 1.807) is 0 Å². The Bertz CT molecular complexity index is 364. The number of nitrogens with zero attached hydrogens (tertiary/aromatic N) is 3. The molecule has 0 aromatic heterocycles. The highest BCUT2D eigenvalue weighted by molar-refractivity contribution is 5.80. The van der Waals surface area contributed by atoms with E-state index in [1.807, 2.05) is 7.05 Å². The van der Waals surface area contributed by atoms with Crippen molar-refractivity contribution in [3.8, 4) is 0 Å². The molecule has 0 spiro atoms. The summed E-state index contributed by atoms with van der Waals surface area (Å²) in [5.74, 6) is 2.29. The number of guanidine groups is 1. The third-order valence-corrected chi connectivity index (χ3v) is 4.90. The molecule has 1 fully saturated rings. The van der Waals surface area contributed by atoms with E-state index < -0.39 is 0 Å². The highest BCUT2D eigenvalue weighted by atomic mass is 15.3. The van der Waals surface area contributed by atoms with E-state index in [9.17, 15) is 0 Å². The van der Waals surface area contributed by atoms with Crippen LogP contribution in [0.2, 0.25) is 0 Å². The van der Waals surface area contributed by atoms with E-state index in [4.69, 9.17) is 0 Å². The molecule has 0 radical (unpaired) electrons. The van der Waals surface area contributed by atoms with Crippen LogP contribution in [0.1, 0.15) is 41.0 Å². The summed E-state index contributed by atoms with van der Waals surface area (Å²) in [6.45, 7) is 14.6. The van der Waals surface area contributed by atoms with Crippen molar-refractivity contribution in [3.05, 3.63) is 0 Å². The summed E-state index contributed by atoms with van der Waals surface area (Å²) in [4.78, 5) is 9.27. The molecule has 136 valence electrons. The van der Waals surface area contributed by atoms with Crippen LogP contribution >= 0.6 is 0 Å².